The summed E-state index contributed by atoms with van der Waals surface area (Å²) in [5.41, 5.74) is 3.56. The second kappa shape index (κ2) is 7.49. The van der Waals surface area contributed by atoms with Gasteiger partial charge in [0.25, 0.3) is 5.56 Å². The summed E-state index contributed by atoms with van der Waals surface area (Å²) in [7, 11) is 3.19. The summed E-state index contributed by atoms with van der Waals surface area (Å²) in [5.74, 6) is -0.151. The number of methoxy groups -OCH3 is 1. The molecule has 6 heteroatoms. The standard InChI is InChI=1S/C20H21N3O3/c1-14-9-16(12-22(2)20(14)25)17-10-21-23(19(17)18(24)13-26-3)11-15-7-5-4-6-8-15/h4-10,12H,11,13H2,1-3H3. The van der Waals surface area contributed by atoms with Crippen molar-refractivity contribution in [1.29, 1.82) is 0 Å². The Morgan fingerprint density at radius 3 is 2.62 bits per heavy atom. The van der Waals surface area contributed by atoms with Gasteiger partial charge in [0.1, 0.15) is 12.3 Å². The number of benzene rings is 1. The van der Waals surface area contributed by atoms with Crippen LogP contribution in [-0.4, -0.2) is 33.8 Å². The molecule has 0 saturated carbocycles. The van der Waals surface area contributed by atoms with Crippen molar-refractivity contribution in [2.75, 3.05) is 13.7 Å². The SMILES string of the molecule is COCC(=O)c1c(-c2cc(C)c(=O)n(C)c2)cnn1Cc1ccccc1. The Hall–Kier alpha value is -2.99. The predicted octanol–water partition coefficient (Wildman–Crippen LogP) is 2.43. The fraction of sp³-hybridized carbons (Fsp3) is 0.250. The second-order valence-electron chi connectivity index (χ2n) is 6.23. The summed E-state index contributed by atoms with van der Waals surface area (Å²) in [5, 5.41) is 4.43. The molecule has 0 aliphatic carbocycles. The lowest BCUT2D eigenvalue weighted by atomic mass is 10.0. The van der Waals surface area contributed by atoms with Crippen molar-refractivity contribution in [1.82, 2.24) is 14.3 Å². The van der Waals surface area contributed by atoms with Crippen molar-refractivity contribution < 1.29 is 9.53 Å². The highest BCUT2D eigenvalue weighted by Crippen LogP contribution is 2.25. The van der Waals surface area contributed by atoms with Gasteiger partial charge in [0, 0.05) is 37.0 Å². The number of ketones is 1. The van der Waals surface area contributed by atoms with Crippen LogP contribution in [0.15, 0.2) is 53.6 Å². The number of nitrogens with zero attached hydrogens (tertiary/aromatic N) is 3. The lowest BCUT2D eigenvalue weighted by Crippen LogP contribution is -2.19. The zero-order valence-electron chi connectivity index (χ0n) is 15.1. The van der Waals surface area contributed by atoms with Crippen molar-refractivity contribution in [3.8, 4) is 11.1 Å². The summed E-state index contributed by atoms with van der Waals surface area (Å²) >= 11 is 0. The van der Waals surface area contributed by atoms with Crippen molar-refractivity contribution >= 4 is 5.78 Å². The number of Topliss-reactive ketones (excluding diaryl/α,β-unsaturated/α-hetero) is 1. The fourth-order valence-corrected chi connectivity index (χ4v) is 2.99. The Kier molecular flexibility index (Phi) is 5.14. The average Bonchev–Trinajstić information content (AvgIpc) is 3.04. The third-order valence-corrected chi connectivity index (χ3v) is 4.23. The zero-order chi connectivity index (χ0) is 18.7. The normalized spacial score (nSPS) is 10.9. The van der Waals surface area contributed by atoms with Crippen LogP contribution in [0.3, 0.4) is 0 Å². The van der Waals surface area contributed by atoms with Gasteiger partial charge in [0.05, 0.1) is 12.7 Å². The molecule has 0 saturated heterocycles. The Morgan fingerprint density at radius 2 is 1.96 bits per heavy atom. The van der Waals surface area contributed by atoms with E-state index in [9.17, 15) is 9.59 Å². The molecule has 0 amide bonds. The summed E-state index contributed by atoms with van der Waals surface area (Å²) in [6, 6.07) is 11.6. The van der Waals surface area contributed by atoms with Gasteiger partial charge in [0.2, 0.25) is 5.78 Å². The lowest BCUT2D eigenvalue weighted by Gasteiger charge is -2.10. The maximum absolute atomic E-state index is 12.7. The molecule has 2 aromatic heterocycles. The maximum atomic E-state index is 12.7. The topological polar surface area (TPSA) is 66.1 Å². The van der Waals surface area contributed by atoms with E-state index in [0.717, 1.165) is 11.1 Å². The molecule has 6 nitrogen and oxygen atoms in total. The molecular formula is C20H21N3O3. The van der Waals surface area contributed by atoms with Crippen molar-refractivity contribution in [2.45, 2.75) is 13.5 Å². The van der Waals surface area contributed by atoms with Gasteiger partial charge in [-0.25, -0.2) is 0 Å². The summed E-state index contributed by atoms with van der Waals surface area (Å²) < 4.78 is 8.25. The lowest BCUT2D eigenvalue weighted by molar-refractivity contribution is 0.0838. The van der Waals surface area contributed by atoms with E-state index in [0.29, 0.717) is 23.4 Å². The molecule has 0 spiro atoms. The summed E-state index contributed by atoms with van der Waals surface area (Å²) in [4.78, 5) is 24.7. The molecule has 0 atom stereocenters. The van der Waals surface area contributed by atoms with E-state index < -0.39 is 0 Å². The number of hydrogen-bond donors (Lipinski definition) is 0. The number of rotatable bonds is 6. The number of aryl methyl sites for hydroxylation is 2. The molecule has 0 radical (unpaired) electrons. The molecule has 3 aromatic rings. The van der Waals surface area contributed by atoms with E-state index >= 15 is 0 Å². The molecule has 3 rings (SSSR count). The molecule has 0 aliphatic heterocycles. The van der Waals surface area contributed by atoms with Gasteiger partial charge in [-0.15, -0.1) is 0 Å². The maximum Gasteiger partial charge on any atom is 0.253 e. The minimum absolute atomic E-state index is 0.0295. The van der Waals surface area contributed by atoms with Crippen LogP contribution in [0.2, 0.25) is 0 Å². The highest BCUT2D eigenvalue weighted by Gasteiger charge is 2.20. The number of hydrogen-bond acceptors (Lipinski definition) is 4. The van der Waals surface area contributed by atoms with Gasteiger partial charge < -0.3 is 9.30 Å². The van der Waals surface area contributed by atoms with E-state index in [-0.39, 0.29) is 17.9 Å². The Morgan fingerprint density at radius 1 is 1.23 bits per heavy atom. The first-order chi connectivity index (χ1) is 12.5. The molecule has 0 N–H and O–H groups in total. The molecule has 26 heavy (non-hydrogen) atoms. The van der Waals surface area contributed by atoms with Crippen LogP contribution in [0.25, 0.3) is 11.1 Å². The minimum atomic E-state index is -0.151. The van der Waals surface area contributed by atoms with Crippen LogP contribution in [0.5, 0.6) is 0 Å². The first-order valence-electron chi connectivity index (χ1n) is 8.30. The quantitative estimate of drug-likeness (QED) is 0.640. The average molecular weight is 351 g/mol. The first-order valence-corrected chi connectivity index (χ1v) is 8.30. The minimum Gasteiger partial charge on any atom is -0.376 e. The fourth-order valence-electron chi connectivity index (χ4n) is 2.99. The number of carbonyl (C=O) groups excluding carboxylic acids is 1. The summed E-state index contributed by atoms with van der Waals surface area (Å²) in [6.07, 6.45) is 3.40. The van der Waals surface area contributed by atoms with Gasteiger partial charge in [-0.05, 0) is 18.6 Å². The molecule has 2 heterocycles. The molecule has 0 fully saturated rings. The van der Waals surface area contributed by atoms with Gasteiger partial charge in [-0.2, -0.15) is 5.10 Å². The number of aromatic nitrogens is 3. The van der Waals surface area contributed by atoms with Gasteiger partial charge in [-0.3, -0.25) is 14.3 Å². The molecule has 1 aromatic carbocycles. The number of carbonyl (C=O) groups is 1. The van der Waals surface area contributed by atoms with Crippen LogP contribution >= 0.6 is 0 Å². The van der Waals surface area contributed by atoms with Crippen LogP contribution in [0.4, 0.5) is 0 Å². The Bertz CT molecular complexity index is 961. The van der Waals surface area contributed by atoms with Crippen LogP contribution in [0.1, 0.15) is 21.6 Å². The largest absolute Gasteiger partial charge is 0.376 e. The van der Waals surface area contributed by atoms with E-state index in [1.54, 1.807) is 37.1 Å². The third kappa shape index (κ3) is 3.50. The molecule has 0 unspecified atom stereocenters. The molecule has 134 valence electrons. The van der Waals surface area contributed by atoms with Gasteiger partial charge in [-0.1, -0.05) is 30.3 Å². The van der Waals surface area contributed by atoms with Gasteiger partial charge in [0.15, 0.2) is 0 Å². The highest BCUT2D eigenvalue weighted by atomic mass is 16.5. The van der Waals surface area contributed by atoms with E-state index in [4.69, 9.17) is 4.74 Å². The Balaban J connectivity index is 2.11. The third-order valence-electron chi connectivity index (χ3n) is 4.23. The van der Waals surface area contributed by atoms with E-state index in [1.165, 1.54) is 11.7 Å². The van der Waals surface area contributed by atoms with Gasteiger partial charge >= 0.3 is 0 Å². The van der Waals surface area contributed by atoms with Crippen molar-refractivity contribution in [3.63, 3.8) is 0 Å². The molecular weight excluding hydrogens is 330 g/mol. The monoisotopic (exact) mass is 351 g/mol. The molecule has 0 aliphatic rings. The Labute approximate surface area is 151 Å². The number of pyridine rings is 1. The van der Waals surface area contributed by atoms with Crippen molar-refractivity contribution in [3.05, 3.63) is 76.0 Å². The van der Waals surface area contributed by atoms with Crippen LogP contribution in [-0.2, 0) is 18.3 Å². The number of ether oxygens (including phenoxy) is 1. The zero-order valence-corrected chi connectivity index (χ0v) is 15.1. The predicted molar refractivity (Wildman–Crippen MR) is 99.4 cm³/mol. The molecule has 0 bridgehead atoms. The smallest absolute Gasteiger partial charge is 0.253 e. The van der Waals surface area contributed by atoms with E-state index in [1.807, 2.05) is 30.3 Å². The van der Waals surface area contributed by atoms with Crippen LogP contribution in [0, 0.1) is 6.92 Å². The second-order valence-corrected chi connectivity index (χ2v) is 6.23. The van der Waals surface area contributed by atoms with Crippen molar-refractivity contribution in [2.24, 2.45) is 7.05 Å². The van der Waals surface area contributed by atoms with E-state index in [2.05, 4.69) is 5.10 Å². The highest BCUT2D eigenvalue weighted by molar-refractivity contribution is 6.01. The summed E-state index contributed by atoms with van der Waals surface area (Å²) in [6.45, 7) is 2.21. The first kappa shape index (κ1) is 17.8. The van der Waals surface area contributed by atoms with Crippen LogP contribution < -0.4 is 5.56 Å².